The van der Waals surface area contributed by atoms with E-state index in [1.165, 1.54) is 60.4 Å². The largest absolute Gasteiger partial charge is 0.497 e. The molecule has 1 aliphatic heterocycles. The molecule has 6 rings (SSSR count). The molecule has 1 aromatic heterocycles. The van der Waals surface area contributed by atoms with Gasteiger partial charge in [0.1, 0.15) is 35.2 Å². The summed E-state index contributed by atoms with van der Waals surface area (Å²) in [7, 11) is 2.30. The number of fused-ring (bicyclic) bond motifs is 1. The maximum absolute atomic E-state index is 15.2. The summed E-state index contributed by atoms with van der Waals surface area (Å²) in [6, 6.07) is 20.8. The van der Waals surface area contributed by atoms with Crippen molar-refractivity contribution in [3.8, 4) is 22.8 Å². The molecule has 4 aromatic rings. The first kappa shape index (κ1) is 48.7. The number of benzene rings is 3. The number of carbonyl (C=O) groups is 5. The third-order valence-electron chi connectivity index (χ3n) is 11.6. The van der Waals surface area contributed by atoms with Crippen LogP contribution in [0.5, 0.6) is 11.5 Å². The monoisotopic (exact) mass is 923 g/mol. The molecule has 3 N–H and O–H groups in total. The standard InChI is InChI=1S/C48H57N7O10S/c1-9-32-28-48(32,45(59)51-66(62,63)35-19-14-11-15-20-35)50-43(57)39-26-34(65-41-27-37(31-17-12-10-13-18-31)49-38-25-33(64-8)22-23-36(38)41)29-54(39)44(58)40(55(46(60)61)47(2,3)4)30-53(7)42(56)21-16-24-52(5)6/h9-23,25,27,32,34,39-40H,1,24,26,28-30H2,2-8H3,(H,50,57)(H,51,59)(H,60,61)/t32-,34-,39+,40+,48-/m1/s1. The summed E-state index contributed by atoms with van der Waals surface area (Å²) in [5, 5.41) is 14.0. The summed E-state index contributed by atoms with van der Waals surface area (Å²) < 4.78 is 41.0. The van der Waals surface area contributed by atoms with Crippen molar-refractivity contribution in [3.63, 3.8) is 0 Å². The van der Waals surface area contributed by atoms with Gasteiger partial charge < -0.3 is 34.6 Å². The minimum absolute atomic E-state index is 0.0153. The van der Waals surface area contributed by atoms with E-state index in [-0.39, 0.29) is 30.8 Å². The number of nitrogens with zero attached hydrogens (tertiary/aromatic N) is 5. The Bertz CT molecular complexity index is 2620. The summed E-state index contributed by atoms with van der Waals surface area (Å²) in [5.41, 5.74) is -1.01. The summed E-state index contributed by atoms with van der Waals surface area (Å²) >= 11 is 0. The fraction of sp³-hybridized carbons (Fsp3) is 0.375. The first-order valence-corrected chi connectivity index (χ1v) is 22.8. The van der Waals surface area contributed by atoms with Crippen molar-refractivity contribution < 1.29 is 47.0 Å². The van der Waals surface area contributed by atoms with E-state index >= 15 is 4.79 Å². The Hall–Kier alpha value is -6.79. The number of nitrogens with one attached hydrogen (secondary N) is 2. The maximum Gasteiger partial charge on any atom is 0.408 e. The van der Waals surface area contributed by atoms with Crippen molar-refractivity contribution in [3.05, 3.63) is 110 Å². The zero-order valence-corrected chi connectivity index (χ0v) is 38.9. The lowest BCUT2D eigenvalue weighted by Crippen LogP contribution is -2.63. The van der Waals surface area contributed by atoms with E-state index in [2.05, 4.69) is 16.6 Å². The third kappa shape index (κ3) is 10.8. The second-order valence-corrected chi connectivity index (χ2v) is 19.4. The van der Waals surface area contributed by atoms with Crippen LogP contribution in [0.2, 0.25) is 0 Å². The number of carboxylic acid groups (broad SMARTS) is 1. The highest BCUT2D eigenvalue weighted by molar-refractivity contribution is 7.90. The van der Waals surface area contributed by atoms with Gasteiger partial charge in [0.2, 0.25) is 17.7 Å². The molecule has 2 fully saturated rings. The van der Waals surface area contributed by atoms with Gasteiger partial charge in [-0.25, -0.2) is 22.9 Å². The molecular weight excluding hydrogens is 867 g/mol. The number of likely N-dealkylation sites (tertiary alicyclic amines) is 1. The number of rotatable bonds is 17. The SMILES string of the molecule is C=C[C@@H]1C[C@]1(NC(=O)[C@@H]1C[C@@H](Oc2cc(-c3ccccc3)nc3cc(OC)ccc23)CN1C(=O)[C@H](CN(C)C(=O)C=CCN(C)C)N(C(=O)O)C(C)(C)C)C(=O)NS(=O)(=O)c1ccccc1. The van der Waals surface area contributed by atoms with Gasteiger partial charge in [0, 0.05) is 60.6 Å². The van der Waals surface area contributed by atoms with Crippen molar-refractivity contribution in [1.29, 1.82) is 0 Å². The molecule has 350 valence electrons. The van der Waals surface area contributed by atoms with Crippen LogP contribution in [-0.2, 0) is 29.2 Å². The Morgan fingerprint density at radius 1 is 1.00 bits per heavy atom. The molecule has 0 bridgehead atoms. The number of amides is 5. The number of pyridine rings is 1. The van der Waals surface area contributed by atoms with E-state index in [4.69, 9.17) is 14.5 Å². The van der Waals surface area contributed by atoms with Crippen LogP contribution in [0.1, 0.15) is 33.6 Å². The van der Waals surface area contributed by atoms with Crippen LogP contribution in [0.3, 0.4) is 0 Å². The van der Waals surface area contributed by atoms with Crippen LogP contribution in [0, 0.1) is 5.92 Å². The Labute approximate surface area is 385 Å². The van der Waals surface area contributed by atoms with Crippen molar-refractivity contribution in [2.24, 2.45) is 5.92 Å². The normalized spacial score (nSPS) is 19.8. The molecule has 5 amide bonds. The Balaban J connectivity index is 1.40. The zero-order chi connectivity index (χ0) is 48.1. The molecule has 1 saturated carbocycles. The van der Waals surface area contributed by atoms with E-state index in [0.717, 1.165) is 10.5 Å². The molecule has 18 heteroatoms. The lowest BCUT2D eigenvalue weighted by atomic mass is 10.0. The van der Waals surface area contributed by atoms with Crippen LogP contribution in [0.4, 0.5) is 4.79 Å². The lowest BCUT2D eigenvalue weighted by molar-refractivity contribution is -0.145. The molecule has 0 spiro atoms. The highest BCUT2D eigenvalue weighted by Gasteiger charge is 2.61. The topological polar surface area (TPSA) is 208 Å². The second kappa shape index (κ2) is 19.8. The minimum Gasteiger partial charge on any atom is -0.497 e. The molecule has 0 radical (unpaired) electrons. The van der Waals surface area contributed by atoms with Crippen LogP contribution < -0.4 is 19.5 Å². The Kier molecular flexibility index (Phi) is 14.6. The fourth-order valence-corrected chi connectivity index (χ4v) is 9.17. The van der Waals surface area contributed by atoms with Crippen LogP contribution in [-0.4, -0.2) is 145 Å². The number of hydrogen-bond donors (Lipinski definition) is 3. The summed E-state index contributed by atoms with van der Waals surface area (Å²) in [6.45, 7) is 8.48. The number of aromatic nitrogens is 1. The number of ether oxygens (including phenoxy) is 2. The smallest absolute Gasteiger partial charge is 0.408 e. The first-order valence-electron chi connectivity index (χ1n) is 21.4. The van der Waals surface area contributed by atoms with E-state index in [1.807, 2.05) is 49.3 Å². The van der Waals surface area contributed by atoms with Crippen LogP contribution in [0.25, 0.3) is 22.2 Å². The minimum atomic E-state index is -4.36. The van der Waals surface area contributed by atoms with E-state index in [0.29, 0.717) is 34.6 Å². The number of hydrogen-bond acceptors (Lipinski definition) is 11. The Morgan fingerprint density at radius 3 is 2.26 bits per heavy atom. The molecule has 17 nitrogen and oxygen atoms in total. The predicted molar refractivity (Wildman–Crippen MR) is 248 cm³/mol. The van der Waals surface area contributed by atoms with Gasteiger partial charge >= 0.3 is 6.09 Å². The van der Waals surface area contributed by atoms with Gasteiger partial charge in [-0.15, -0.1) is 6.58 Å². The van der Waals surface area contributed by atoms with E-state index in [1.54, 1.807) is 57.2 Å². The molecule has 66 heavy (non-hydrogen) atoms. The molecule has 1 saturated heterocycles. The van der Waals surface area contributed by atoms with Crippen molar-refractivity contribution >= 4 is 50.6 Å². The molecular formula is C48H57N7O10S. The molecule has 0 unspecified atom stereocenters. The van der Waals surface area contributed by atoms with Crippen molar-refractivity contribution in [1.82, 2.24) is 34.6 Å². The summed E-state index contributed by atoms with van der Waals surface area (Å²) in [6.07, 6.45) is 1.98. The number of carbonyl (C=O) groups excluding carboxylic acids is 4. The number of sulfonamides is 1. The first-order chi connectivity index (χ1) is 31.2. The predicted octanol–water partition coefficient (Wildman–Crippen LogP) is 4.55. The third-order valence-corrected chi connectivity index (χ3v) is 12.9. The van der Waals surface area contributed by atoms with Gasteiger partial charge in [0.15, 0.2) is 0 Å². The van der Waals surface area contributed by atoms with Gasteiger partial charge in [-0.2, -0.15) is 0 Å². The van der Waals surface area contributed by atoms with Crippen LogP contribution in [0.15, 0.2) is 115 Å². The highest BCUT2D eigenvalue weighted by Crippen LogP contribution is 2.45. The fourth-order valence-electron chi connectivity index (χ4n) is 8.11. The average molecular weight is 924 g/mol. The number of likely N-dealkylation sites (N-methyl/N-ethyl adjacent to an activating group) is 2. The van der Waals surface area contributed by atoms with Gasteiger partial charge in [0.05, 0.1) is 36.3 Å². The molecule has 1 aliphatic carbocycles. The zero-order valence-electron chi connectivity index (χ0n) is 38.1. The Morgan fingerprint density at radius 2 is 1.67 bits per heavy atom. The lowest BCUT2D eigenvalue weighted by Gasteiger charge is -2.42. The maximum atomic E-state index is 15.2. The van der Waals surface area contributed by atoms with Crippen LogP contribution >= 0.6 is 0 Å². The van der Waals surface area contributed by atoms with Crippen molar-refractivity contribution in [2.45, 2.75) is 67.8 Å². The quantitative estimate of drug-likeness (QED) is 0.0986. The highest BCUT2D eigenvalue weighted by atomic mass is 32.2. The molecule has 5 atom stereocenters. The van der Waals surface area contributed by atoms with E-state index in [9.17, 15) is 32.7 Å². The van der Waals surface area contributed by atoms with Gasteiger partial charge in [-0.1, -0.05) is 60.7 Å². The van der Waals surface area contributed by atoms with Crippen molar-refractivity contribution in [2.75, 3.05) is 47.9 Å². The van der Waals surface area contributed by atoms with Gasteiger partial charge in [-0.05, 0) is 65.6 Å². The van der Waals surface area contributed by atoms with Gasteiger partial charge in [-0.3, -0.25) is 24.1 Å². The van der Waals surface area contributed by atoms with E-state index < -0.39 is 74.9 Å². The summed E-state index contributed by atoms with van der Waals surface area (Å²) in [4.78, 5) is 80.5. The molecule has 3 aromatic carbocycles. The average Bonchev–Trinajstić information content (AvgIpc) is 3.83. The molecule has 2 aliphatic rings. The van der Waals surface area contributed by atoms with Gasteiger partial charge in [0.25, 0.3) is 15.9 Å². The second-order valence-electron chi connectivity index (χ2n) is 17.7. The number of methoxy groups -OCH3 is 1. The molecule has 2 heterocycles. The summed E-state index contributed by atoms with van der Waals surface area (Å²) in [5.74, 6) is -2.83.